The number of hydrogen-bond acceptors (Lipinski definition) is 8. The average molecular weight is 454 g/mol. The first-order valence-electron chi connectivity index (χ1n) is 10.5. The van der Waals surface area contributed by atoms with Crippen LogP contribution in [0.4, 0.5) is 0 Å². The minimum atomic E-state index is -0.547. The zero-order valence-electron chi connectivity index (χ0n) is 18.6. The molecule has 1 aromatic heterocycles. The van der Waals surface area contributed by atoms with Crippen LogP contribution >= 0.6 is 0 Å². The lowest BCUT2D eigenvalue weighted by Gasteiger charge is -2.13. The van der Waals surface area contributed by atoms with E-state index in [0.717, 1.165) is 16.5 Å². The third kappa shape index (κ3) is 7.18. The number of esters is 2. The summed E-state index contributed by atoms with van der Waals surface area (Å²) in [7, 11) is 1.53. The van der Waals surface area contributed by atoms with E-state index in [9.17, 15) is 14.4 Å². The molecule has 3 rings (SSSR count). The maximum atomic E-state index is 12.2. The minimum Gasteiger partial charge on any atom is -0.481 e. The van der Waals surface area contributed by atoms with E-state index in [1.807, 2.05) is 30.3 Å². The second-order valence-corrected chi connectivity index (χ2v) is 7.35. The molecule has 1 heterocycles. The third-order valence-electron chi connectivity index (χ3n) is 4.87. The summed E-state index contributed by atoms with van der Waals surface area (Å²) in [6.45, 7) is 2.09. The molecule has 0 N–H and O–H groups in total. The molecule has 0 unspecified atom stereocenters. The first-order valence-corrected chi connectivity index (χ1v) is 10.5. The molecule has 33 heavy (non-hydrogen) atoms. The van der Waals surface area contributed by atoms with Crippen molar-refractivity contribution in [1.29, 1.82) is 0 Å². The Morgan fingerprint density at radius 1 is 0.970 bits per heavy atom. The van der Waals surface area contributed by atoms with Crippen LogP contribution < -0.4 is 10.4 Å². The Kier molecular flexibility index (Phi) is 8.60. The standard InChI is InChI=1S/C25H26O8/c1-17-12-24(27)33-22-14-21(31-16-25(28)32-15-18-6-4-3-5-7-18)19(13-20(17)22)8-9-23(26)30-11-10-29-2/h3-7,12-14H,8-11,15-16H2,1-2H3. The van der Waals surface area contributed by atoms with Crippen LogP contribution in [0.2, 0.25) is 0 Å². The van der Waals surface area contributed by atoms with Crippen LogP contribution in [-0.2, 0) is 36.8 Å². The molecule has 0 radical (unpaired) electrons. The highest BCUT2D eigenvalue weighted by Crippen LogP contribution is 2.28. The molecular weight excluding hydrogens is 428 g/mol. The minimum absolute atomic E-state index is 0.111. The Balaban J connectivity index is 1.71. The van der Waals surface area contributed by atoms with Gasteiger partial charge in [0.15, 0.2) is 6.61 Å². The van der Waals surface area contributed by atoms with E-state index in [1.54, 1.807) is 19.1 Å². The number of fused-ring (bicyclic) bond motifs is 1. The molecule has 8 heteroatoms. The van der Waals surface area contributed by atoms with E-state index in [2.05, 4.69) is 0 Å². The predicted molar refractivity (Wildman–Crippen MR) is 120 cm³/mol. The lowest BCUT2D eigenvalue weighted by molar-refractivity contribution is -0.147. The largest absolute Gasteiger partial charge is 0.481 e. The van der Waals surface area contributed by atoms with E-state index >= 15 is 0 Å². The number of rotatable bonds is 11. The maximum absolute atomic E-state index is 12.2. The highest BCUT2D eigenvalue weighted by Gasteiger charge is 2.15. The third-order valence-corrected chi connectivity index (χ3v) is 4.87. The fourth-order valence-electron chi connectivity index (χ4n) is 3.18. The molecule has 0 saturated heterocycles. The Bertz CT molecular complexity index is 1150. The van der Waals surface area contributed by atoms with E-state index < -0.39 is 11.6 Å². The Morgan fingerprint density at radius 2 is 1.76 bits per heavy atom. The van der Waals surface area contributed by atoms with Crippen LogP contribution in [0.15, 0.2) is 57.7 Å². The Labute approximate surface area is 191 Å². The van der Waals surface area contributed by atoms with E-state index in [4.69, 9.17) is 23.4 Å². The van der Waals surface area contributed by atoms with Crippen LogP contribution in [0, 0.1) is 6.92 Å². The predicted octanol–water partition coefficient (Wildman–Crippen LogP) is 3.35. The Morgan fingerprint density at radius 3 is 2.52 bits per heavy atom. The fraction of sp³-hybridized carbons (Fsp3) is 0.320. The van der Waals surface area contributed by atoms with Crippen molar-refractivity contribution in [3.8, 4) is 5.75 Å². The van der Waals surface area contributed by atoms with Crippen molar-refractivity contribution in [1.82, 2.24) is 0 Å². The second kappa shape index (κ2) is 11.8. The van der Waals surface area contributed by atoms with E-state index in [1.165, 1.54) is 13.2 Å². The summed E-state index contributed by atoms with van der Waals surface area (Å²) in [5.41, 5.74) is 2.13. The first-order chi connectivity index (χ1) is 16.0. The molecule has 0 spiro atoms. The van der Waals surface area contributed by atoms with Crippen LogP contribution in [0.25, 0.3) is 11.0 Å². The average Bonchev–Trinajstić information content (AvgIpc) is 2.80. The summed E-state index contributed by atoms with van der Waals surface area (Å²) < 4.78 is 26.2. The van der Waals surface area contributed by atoms with Crippen molar-refractivity contribution in [3.05, 3.63) is 75.6 Å². The van der Waals surface area contributed by atoms with Crippen LogP contribution in [0.1, 0.15) is 23.1 Å². The molecule has 0 saturated carbocycles. The molecule has 0 bridgehead atoms. The molecule has 0 aliphatic heterocycles. The van der Waals surface area contributed by atoms with Gasteiger partial charge in [0.05, 0.1) is 6.61 Å². The van der Waals surface area contributed by atoms with Crippen molar-refractivity contribution < 1.29 is 33.0 Å². The number of benzene rings is 2. The topological polar surface area (TPSA) is 101 Å². The summed E-state index contributed by atoms with van der Waals surface area (Å²) >= 11 is 0. The van der Waals surface area contributed by atoms with Crippen LogP contribution in [0.5, 0.6) is 5.75 Å². The summed E-state index contributed by atoms with van der Waals surface area (Å²) in [5.74, 6) is -0.594. The zero-order valence-corrected chi connectivity index (χ0v) is 18.6. The van der Waals surface area contributed by atoms with Gasteiger partial charge in [-0.3, -0.25) is 4.79 Å². The van der Waals surface area contributed by atoms with Gasteiger partial charge in [-0.15, -0.1) is 0 Å². The second-order valence-electron chi connectivity index (χ2n) is 7.35. The van der Waals surface area contributed by atoms with Crippen molar-refractivity contribution >= 4 is 22.9 Å². The highest BCUT2D eigenvalue weighted by atomic mass is 16.6. The lowest BCUT2D eigenvalue weighted by atomic mass is 10.0. The number of carbonyl (C=O) groups excluding carboxylic acids is 2. The van der Waals surface area contributed by atoms with E-state index in [-0.39, 0.29) is 32.2 Å². The van der Waals surface area contributed by atoms with Gasteiger partial charge in [0.1, 0.15) is 24.5 Å². The fourth-order valence-corrected chi connectivity index (χ4v) is 3.18. The van der Waals surface area contributed by atoms with Crippen molar-refractivity contribution in [3.63, 3.8) is 0 Å². The van der Waals surface area contributed by atoms with Gasteiger partial charge in [0.25, 0.3) is 0 Å². The molecule has 8 nitrogen and oxygen atoms in total. The van der Waals surface area contributed by atoms with Gasteiger partial charge in [-0.05, 0) is 36.1 Å². The molecule has 3 aromatic rings. The number of aryl methyl sites for hydroxylation is 2. The summed E-state index contributed by atoms with van der Waals surface area (Å²) in [4.78, 5) is 36.0. The molecular formula is C25H26O8. The molecule has 0 aliphatic rings. The van der Waals surface area contributed by atoms with Gasteiger partial charge in [0, 0.05) is 31.0 Å². The zero-order chi connectivity index (χ0) is 23.6. The smallest absolute Gasteiger partial charge is 0.344 e. The summed E-state index contributed by atoms with van der Waals surface area (Å²) in [6, 6.07) is 14.0. The first kappa shape index (κ1) is 24.0. The van der Waals surface area contributed by atoms with Gasteiger partial charge in [-0.25, -0.2) is 9.59 Å². The van der Waals surface area contributed by atoms with Crippen molar-refractivity contribution in [2.24, 2.45) is 0 Å². The van der Waals surface area contributed by atoms with Gasteiger partial charge in [-0.2, -0.15) is 0 Å². The summed E-state index contributed by atoms with van der Waals surface area (Å²) in [5, 5.41) is 0.719. The lowest BCUT2D eigenvalue weighted by Crippen LogP contribution is -2.16. The maximum Gasteiger partial charge on any atom is 0.344 e. The van der Waals surface area contributed by atoms with Crippen LogP contribution in [0.3, 0.4) is 0 Å². The highest BCUT2D eigenvalue weighted by molar-refractivity contribution is 5.83. The van der Waals surface area contributed by atoms with Gasteiger partial charge >= 0.3 is 17.6 Å². The number of ether oxygens (including phenoxy) is 4. The molecule has 0 atom stereocenters. The van der Waals surface area contributed by atoms with Crippen LogP contribution in [-0.4, -0.2) is 38.9 Å². The molecule has 0 fully saturated rings. The molecule has 0 amide bonds. The Hall–Kier alpha value is -3.65. The van der Waals surface area contributed by atoms with Gasteiger partial charge < -0.3 is 23.4 Å². The number of methoxy groups -OCH3 is 1. The molecule has 0 aliphatic carbocycles. The monoisotopic (exact) mass is 454 g/mol. The van der Waals surface area contributed by atoms with Gasteiger partial charge in [-0.1, -0.05) is 30.3 Å². The normalized spacial score (nSPS) is 10.7. The number of hydrogen-bond donors (Lipinski definition) is 0. The quantitative estimate of drug-likeness (QED) is 0.247. The summed E-state index contributed by atoms with van der Waals surface area (Å²) in [6.07, 6.45) is 0.425. The molecule has 2 aromatic carbocycles. The SMILES string of the molecule is COCCOC(=O)CCc1cc2c(C)cc(=O)oc2cc1OCC(=O)OCc1ccccc1. The number of carbonyl (C=O) groups is 2. The van der Waals surface area contributed by atoms with E-state index in [0.29, 0.717) is 29.9 Å². The van der Waals surface area contributed by atoms with Crippen molar-refractivity contribution in [2.75, 3.05) is 26.9 Å². The molecule has 174 valence electrons. The van der Waals surface area contributed by atoms with Gasteiger partial charge in [0.2, 0.25) is 0 Å². The van der Waals surface area contributed by atoms with Crippen molar-refractivity contribution in [2.45, 2.75) is 26.4 Å².